The highest BCUT2D eigenvalue weighted by Crippen LogP contribution is 2.24. The lowest BCUT2D eigenvalue weighted by Crippen LogP contribution is -1.98. The van der Waals surface area contributed by atoms with Gasteiger partial charge in [-0.05, 0) is 25.1 Å². The Labute approximate surface area is 124 Å². The summed E-state index contributed by atoms with van der Waals surface area (Å²) in [5.41, 5.74) is 1.15. The van der Waals surface area contributed by atoms with Crippen molar-refractivity contribution >= 4 is 29.3 Å². The van der Waals surface area contributed by atoms with Crippen LogP contribution in [-0.4, -0.2) is 25.8 Å². The molecule has 0 bridgehead atoms. The average molecular weight is 308 g/mol. The Bertz CT molecular complexity index is 732. The first-order valence-electron chi connectivity index (χ1n) is 5.80. The summed E-state index contributed by atoms with van der Waals surface area (Å²) in [6.45, 7) is 1.73. The molecule has 0 saturated heterocycles. The monoisotopic (exact) mass is 307 g/mol. The third kappa shape index (κ3) is 3.26. The van der Waals surface area contributed by atoms with E-state index in [1.165, 1.54) is 29.0 Å². The normalized spacial score (nSPS) is 11.0. The Morgan fingerprint density at radius 2 is 2.24 bits per heavy atom. The summed E-state index contributed by atoms with van der Waals surface area (Å²) in [5, 5.41) is 24.2. The first-order valence-corrected chi connectivity index (χ1v) is 6.18. The highest BCUT2D eigenvalue weighted by molar-refractivity contribution is 6.31. The number of aryl methyl sites for hydroxylation is 1. The van der Waals surface area contributed by atoms with E-state index in [1.807, 2.05) is 0 Å². The zero-order chi connectivity index (χ0) is 15.6. The molecular weight excluding hydrogens is 298 g/mol. The quantitative estimate of drug-likeness (QED) is 0.532. The van der Waals surface area contributed by atoms with E-state index in [2.05, 4.69) is 5.10 Å². The maximum Gasteiger partial charge on any atom is 0.328 e. The second-order valence-corrected chi connectivity index (χ2v) is 4.59. The number of nitrogens with zero attached hydrogens (tertiary/aromatic N) is 3. The van der Waals surface area contributed by atoms with Crippen LogP contribution >= 0.6 is 11.6 Å². The van der Waals surface area contributed by atoms with E-state index in [0.717, 1.165) is 6.08 Å². The lowest BCUT2D eigenvalue weighted by atomic mass is 10.1. The second kappa shape index (κ2) is 5.76. The summed E-state index contributed by atoms with van der Waals surface area (Å²) in [5.74, 6) is -1.19. The number of benzene rings is 1. The molecular formula is C13H10ClN3O4. The molecule has 2 rings (SSSR count). The molecule has 108 valence electrons. The van der Waals surface area contributed by atoms with Gasteiger partial charge in [0.05, 0.1) is 26.9 Å². The van der Waals surface area contributed by atoms with Gasteiger partial charge in [0.2, 0.25) is 0 Å². The molecule has 7 nitrogen and oxygen atoms in total. The summed E-state index contributed by atoms with van der Waals surface area (Å²) < 4.78 is 1.47. The largest absolute Gasteiger partial charge is 0.478 e. The van der Waals surface area contributed by atoms with Gasteiger partial charge in [-0.3, -0.25) is 10.1 Å². The van der Waals surface area contributed by atoms with Crippen LogP contribution in [0.3, 0.4) is 0 Å². The van der Waals surface area contributed by atoms with E-state index in [9.17, 15) is 14.9 Å². The minimum atomic E-state index is -1.19. The Kier molecular flexibility index (Phi) is 4.04. The molecule has 0 spiro atoms. The van der Waals surface area contributed by atoms with Crippen LogP contribution in [-0.2, 0) is 4.79 Å². The molecule has 1 N–H and O–H groups in total. The molecule has 1 aromatic heterocycles. The van der Waals surface area contributed by atoms with Crippen molar-refractivity contribution in [2.75, 3.05) is 0 Å². The lowest BCUT2D eigenvalue weighted by Gasteiger charge is -2.03. The van der Waals surface area contributed by atoms with Crippen molar-refractivity contribution < 1.29 is 14.8 Å². The molecule has 0 aliphatic rings. The molecule has 21 heavy (non-hydrogen) atoms. The SMILES string of the molecule is Cc1nn(-c2ccc([N+](=O)[O-])c(/C=C/C(=O)O)c2)cc1Cl. The van der Waals surface area contributed by atoms with Crippen molar-refractivity contribution in [1.82, 2.24) is 9.78 Å². The fraction of sp³-hybridized carbons (Fsp3) is 0.0769. The standard InChI is InChI=1S/C13H10ClN3O4/c1-8-11(14)7-16(15-8)10-3-4-12(17(20)21)9(6-10)2-5-13(18)19/h2-7H,1H3,(H,18,19)/b5-2+. The van der Waals surface area contributed by atoms with Gasteiger partial charge in [-0.25, -0.2) is 9.48 Å². The van der Waals surface area contributed by atoms with Crippen molar-refractivity contribution in [2.45, 2.75) is 6.92 Å². The van der Waals surface area contributed by atoms with Crippen LogP contribution in [0.5, 0.6) is 0 Å². The Balaban J connectivity index is 2.53. The first-order chi connectivity index (χ1) is 9.88. The molecule has 0 unspecified atom stereocenters. The third-order valence-corrected chi connectivity index (χ3v) is 3.09. The van der Waals surface area contributed by atoms with Gasteiger partial charge >= 0.3 is 5.97 Å². The predicted molar refractivity (Wildman–Crippen MR) is 76.6 cm³/mol. The topological polar surface area (TPSA) is 98.3 Å². The number of hydrogen-bond acceptors (Lipinski definition) is 4. The van der Waals surface area contributed by atoms with E-state index < -0.39 is 10.9 Å². The molecule has 0 fully saturated rings. The van der Waals surface area contributed by atoms with Crippen molar-refractivity contribution in [2.24, 2.45) is 0 Å². The van der Waals surface area contributed by atoms with Gasteiger partial charge in [0.15, 0.2) is 0 Å². The van der Waals surface area contributed by atoms with Gasteiger partial charge in [-0.1, -0.05) is 11.6 Å². The summed E-state index contributed by atoms with van der Waals surface area (Å²) >= 11 is 5.92. The number of hydrogen-bond donors (Lipinski definition) is 1. The van der Waals surface area contributed by atoms with Crippen molar-refractivity contribution in [3.05, 3.63) is 56.9 Å². The summed E-state index contributed by atoms with van der Waals surface area (Å²) in [6.07, 6.45) is 3.58. The van der Waals surface area contributed by atoms with Gasteiger partial charge in [0.25, 0.3) is 5.69 Å². The number of carbonyl (C=O) groups is 1. The number of nitro groups is 1. The van der Waals surface area contributed by atoms with E-state index in [4.69, 9.17) is 16.7 Å². The van der Waals surface area contributed by atoms with Crippen LogP contribution < -0.4 is 0 Å². The molecule has 2 aromatic rings. The van der Waals surface area contributed by atoms with Crippen LogP contribution in [0, 0.1) is 17.0 Å². The van der Waals surface area contributed by atoms with Crippen molar-refractivity contribution in [1.29, 1.82) is 0 Å². The number of aliphatic carboxylic acids is 1. The van der Waals surface area contributed by atoms with Crippen LogP contribution in [0.25, 0.3) is 11.8 Å². The second-order valence-electron chi connectivity index (χ2n) is 4.18. The van der Waals surface area contributed by atoms with E-state index >= 15 is 0 Å². The van der Waals surface area contributed by atoms with Gasteiger partial charge in [0, 0.05) is 18.3 Å². The van der Waals surface area contributed by atoms with E-state index in [-0.39, 0.29) is 11.3 Å². The minimum absolute atomic E-state index is 0.171. The van der Waals surface area contributed by atoms with Crippen LogP contribution in [0.15, 0.2) is 30.5 Å². The maximum atomic E-state index is 11.0. The van der Waals surface area contributed by atoms with Crippen molar-refractivity contribution in [3.63, 3.8) is 0 Å². The Morgan fingerprint density at radius 3 is 2.76 bits per heavy atom. The molecule has 0 saturated carbocycles. The average Bonchev–Trinajstić information content (AvgIpc) is 2.76. The summed E-state index contributed by atoms with van der Waals surface area (Å²) in [7, 11) is 0. The number of carboxylic acids is 1. The van der Waals surface area contributed by atoms with Crippen LogP contribution in [0.2, 0.25) is 5.02 Å². The highest BCUT2D eigenvalue weighted by Gasteiger charge is 2.14. The lowest BCUT2D eigenvalue weighted by molar-refractivity contribution is -0.385. The van der Waals surface area contributed by atoms with Crippen LogP contribution in [0.1, 0.15) is 11.3 Å². The molecule has 0 aliphatic heterocycles. The van der Waals surface area contributed by atoms with Gasteiger partial charge in [-0.2, -0.15) is 5.10 Å². The van der Waals surface area contributed by atoms with Gasteiger partial charge in [-0.15, -0.1) is 0 Å². The van der Waals surface area contributed by atoms with E-state index in [0.29, 0.717) is 16.4 Å². The minimum Gasteiger partial charge on any atom is -0.478 e. The van der Waals surface area contributed by atoms with Gasteiger partial charge < -0.3 is 5.11 Å². The Morgan fingerprint density at radius 1 is 1.52 bits per heavy atom. The zero-order valence-corrected chi connectivity index (χ0v) is 11.6. The fourth-order valence-corrected chi connectivity index (χ4v) is 1.85. The molecule has 0 radical (unpaired) electrons. The first kappa shape index (κ1) is 14.7. The molecule has 0 aliphatic carbocycles. The number of aromatic nitrogens is 2. The molecule has 0 amide bonds. The number of halogens is 1. The summed E-state index contributed by atoms with van der Waals surface area (Å²) in [4.78, 5) is 20.9. The number of rotatable bonds is 4. The van der Waals surface area contributed by atoms with Crippen molar-refractivity contribution in [3.8, 4) is 5.69 Å². The maximum absolute atomic E-state index is 11.0. The smallest absolute Gasteiger partial charge is 0.328 e. The molecule has 8 heteroatoms. The Hall–Kier alpha value is -2.67. The predicted octanol–water partition coefficient (Wildman–Crippen LogP) is 2.84. The number of nitro benzene ring substituents is 1. The van der Waals surface area contributed by atoms with E-state index in [1.54, 1.807) is 13.1 Å². The summed E-state index contributed by atoms with van der Waals surface area (Å²) in [6, 6.07) is 4.28. The number of carboxylic acid groups (broad SMARTS) is 1. The highest BCUT2D eigenvalue weighted by atomic mass is 35.5. The molecule has 1 heterocycles. The van der Waals surface area contributed by atoms with Gasteiger partial charge in [0.1, 0.15) is 0 Å². The third-order valence-electron chi connectivity index (χ3n) is 2.72. The molecule has 1 aromatic carbocycles. The molecule has 0 atom stereocenters. The van der Waals surface area contributed by atoms with Crippen LogP contribution in [0.4, 0.5) is 5.69 Å². The fourth-order valence-electron chi connectivity index (χ4n) is 1.72. The zero-order valence-electron chi connectivity index (χ0n) is 10.9.